The molecule has 1 atom stereocenters. The molecule has 0 aliphatic carbocycles. The van der Waals surface area contributed by atoms with Crippen molar-refractivity contribution in [3.05, 3.63) is 29.8 Å². The number of rotatable bonds is 3. The molecule has 84 valence electrons. The highest BCUT2D eigenvalue weighted by atomic mass is 32.2. The predicted molar refractivity (Wildman–Crippen MR) is 57.9 cm³/mol. The number of sulfonamides is 1. The van der Waals surface area contributed by atoms with E-state index in [4.69, 9.17) is 0 Å². The second-order valence-electron chi connectivity index (χ2n) is 3.53. The number of nitrogens with zero attached hydrogens (tertiary/aromatic N) is 1. The molecule has 0 unspecified atom stereocenters. The molecule has 0 aliphatic rings. The number of benzene rings is 1. The fourth-order valence-corrected chi connectivity index (χ4v) is 2.03. The van der Waals surface area contributed by atoms with Crippen LogP contribution < -0.4 is 0 Å². The van der Waals surface area contributed by atoms with Crippen LogP contribution in [0.2, 0.25) is 0 Å². The predicted octanol–water partition coefficient (Wildman–Crippen LogP) is 0.990. The lowest BCUT2D eigenvalue weighted by Crippen LogP contribution is -2.22. The minimum atomic E-state index is -3.37. The van der Waals surface area contributed by atoms with Crippen molar-refractivity contribution in [3.63, 3.8) is 0 Å². The Morgan fingerprint density at radius 1 is 1.20 bits per heavy atom. The maximum atomic E-state index is 11.7. The first-order chi connectivity index (χ1) is 6.85. The lowest BCUT2D eigenvalue weighted by atomic mass is 10.1. The Kier molecular flexibility index (Phi) is 3.49. The molecular weight excluding hydrogens is 214 g/mol. The smallest absolute Gasteiger partial charge is 0.242 e. The number of aliphatic hydroxyl groups excluding tert-OH is 1. The van der Waals surface area contributed by atoms with Gasteiger partial charge < -0.3 is 5.11 Å². The molecule has 0 fully saturated rings. The van der Waals surface area contributed by atoms with E-state index in [1.807, 2.05) is 0 Å². The first-order valence-corrected chi connectivity index (χ1v) is 6.00. The van der Waals surface area contributed by atoms with Gasteiger partial charge in [-0.1, -0.05) is 12.1 Å². The third kappa shape index (κ3) is 2.56. The fraction of sp³-hybridized carbons (Fsp3) is 0.400. The Balaban J connectivity index is 3.10. The lowest BCUT2D eigenvalue weighted by Gasteiger charge is -2.12. The Labute approximate surface area is 90.2 Å². The second-order valence-corrected chi connectivity index (χ2v) is 5.68. The summed E-state index contributed by atoms with van der Waals surface area (Å²) in [5, 5.41) is 9.27. The Morgan fingerprint density at radius 3 is 2.00 bits per heavy atom. The maximum Gasteiger partial charge on any atom is 0.242 e. The minimum absolute atomic E-state index is 0.233. The van der Waals surface area contributed by atoms with Gasteiger partial charge in [0.1, 0.15) is 0 Å². The molecule has 15 heavy (non-hydrogen) atoms. The largest absolute Gasteiger partial charge is 0.389 e. The second kappa shape index (κ2) is 4.30. The highest BCUT2D eigenvalue weighted by molar-refractivity contribution is 7.89. The first-order valence-electron chi connectivity index (χ1n) is 4.56. The monoisotopic (exact) mass is 229 g/mol. The molecule has 0 heterocycles. The van der Waals surface area contributed by atoms with Gasteiger partial charge in [-0.3, -0.25) is 0 Å². The van der Waals surface area contributed by atoms with Crippen molar-refractivity contribution in [1.29, 1.82) is 0 Å². The van der Waals surface area contributed by atoms with Gasteiger partial charge in [-0.2, -0.15) is 0 Å². The molecular formula is C10H15NO3S. The quantitative estimate of drug-likeness (QED) is 0.841. The van der Waals surface area contributed by atoms with Crippen LogP contribution in [-0.4, -0.2) is 31.9 Å². The Hall–Kier alpha value is -0.910. The van der Waals surface area contributed by atoms with E-state index in [2.05, 4.69) is 0 Å². The molecule has 1 aromatic carbocycles. The molecule has 0 aromatic heterocycles. The third-order valence-electron chi connectivity index (χ3n) is 2.14. The summed E-state index contributed by atoms with van der Waals surface area (Å²) in [7, 11) is -0.400. The number of hydrogen-bond acceptors (Lipinski definition) is 3. The molecule has 1 aromatic rings. The first kappa shape index (κ1) is 12.2. The van der Waals surface area contributed by atoms with Crippen molar-refractivity contribution in [2.45, 2.75) is 17.9 Å². The van der Waals surface area contributed by atoms with Crippen molar-refractivity contribution in [2.24, 2.45) is 0 Å². The van der Waals surface area contributed by atoms with Crippen LogP contribution in [0.3, 0.4) is 0 Å². The van der Waals surface area contributed by atoms with Crippen LogP contribution in [0.25, 0.3) is 0 Å². The summed E-state index contributed by atoms with van der Waals surface area (Å²) < 4.78 is 24.5. The molecule has 1 N–H and O–H groups in total. The van der Waals surface area contributed by atoms with Crippen molar-refractivity contribution in [3.8, 4) is 0 Å². The highest BCUT2D eigenvalue weighted by Gasteiger charge is 2.16. The van der Waals surface area contributed by atoms with Crippen LogP contribution in [0, 0.1) is 0 Å². The van der Waals surface area contributed by atoms with Crippen molar-refractivity contribution in [2.75, 3.05) is 14.1 Å². The van der Waals surface area contributed by atoms with E-state index in [0.29, 0.717) is 5.56 Å². The third-order valence-corrected chi connectivity index (χ3v) is 3.97. The van der Waals surface area contributed by atoms with Crippen molar-refractivity contribution in [1.82, 2.24) is 4.31 Å². The maximum absolute atomic E-state index is 11.7. The van der Waals surface area contributed by atoms with E-state index in [-0.39, 0.29) is 4.90 Å². The van der Waals surface area contributed by atoms with Crippen LogP contribution >= 0.6 is 0 Å². The van der Waals surface area contributed by atoms with Crippen molar-refractivity contribution >= 4 is 10.0 Å². The molecule has 0 amide bonds. The molecule has 0 aliphatic heterocycles. The van der Waals surface area contributed by atoms with Crippen LogP contribution in [0.1, 0.15) is 18.6 Å². The van der Waals surface area contributed by atoms with Gasteiger partial charge in [0.25, 0.3) is 0 Å². The van der Waals surface area contributed by atoms with Gasteiger partial charge >= 0.3 is 0 Å². The molecule has 0 spiro atoms. The van der Waals surface area contributed by atoms with E-state index in [1.165, 1.54) is 26.2 Å². The highest BCUT2D eigenvalue weighted by Crippen LogP contribution is 2.17. The average molecular weight is 229 g/mol. The molecule has 0 radical (unpaired) electrons. The summed E-state index contributed by atoms with van der Waals surface area (Å²) in [5.74, 6) is 0. The van der Waals surface area contributed by atoms with Gasteiger partial charge in [0.05, 0.1) is 11.0 Å². The summed E-state index contributed by atoms with van der Waals surface area (Å²) in [6, 6.07) is 6.22. The summed E-state index contributed by atoms with van der Waals surface area (Å²) in [5.41, 5.74) is 0.702. The zero-order chi connectivity index (χ0) is 11.6. The Bertz CT molecular complexity index is 420. The van der Waals surface area contributed by atoms with Crippen LogP contribution in [0.15, 0.2) is 29.2 Å². The van der Waals surface area contributed by atoms with E-state index < -0.39 is 16.1 Å². The van der Waals surface area contributed by atoms with Gasteiger partial charge in [0.15, 0.2) is 0 Å². The van der Waals surface area contributed by atoms with Gasteiger partial charge in [-0.15, -0.1) is 0 Å². The van der Waals surface area contributed by atoms with Gasteiger partial charge in [0, 0.05) is 14.1 Å². The van der Waals surface area contributed by atoms with Crippen LogP contribution in [0.5, 0.6) is 0 Å². The lowest BCUT2D eigenvalue weighted by molar-refractivity contribution is 0.199. The number of hydrogen-bond donors (Lipinski definition) is 1. The molecule has 4 nitrogen and oxygen atoms in total. The molecule has 0 bridgehead atoms. The number of aliphatic hydroxyl groups is 1. The summed E-state index contributed by atoms with van der Waals surface area (Å²) >= 11 is 0. The normalized spacial score (nSPS) is 14.2. The van der Waals surface area contributed by atoms with Crippen molar-refractivity contribution < 1.29 is 13.5 Å². The zero-order valence-corrected chi connectivity index (χ0v) is 9.82. The van der Waals surface area contributed by atoms with E-state index in [1.54, 1.807) is 19.1 Å². The van der Waals surface area contributed by atoms with E-state index >= 15 is 0 Å². The Morgan fingerprint density at radius 2 is 1.67 bits per heavy atom. The average Bonchev–Trinajstić information content (AvgIpc) is 2.17. The SMILES string of the molecule is C[C@H](O)c1ccc(S(=O)(=O)N(C)C)cc1. The van der Waals surface area contributed by atoms with Gasteiger partial charge in [0.2, 0.25) is 10.0 Å². The molecule has 0 saturated carbocycles. The summed E-state index contributed by atoms with van der Waals surface area (Å²) in [4.78, 5) is 0.233. The van der Waals surface area contributed by atoms with Gasteiger partial charge in [-0.25, -0.2) is 12.7 Å². The van der Waals surface area contributed by atoms with Gasteiger partial charge in [-0.05, 0) is 24.6 Å². The summed E-state index contributed by atoms with van der Waals surface area (Å²) in [6.07, 6.45) is -0.582. The minimum Gasteiger partial charge on any atom is -0.389 e. The zero-order valence-electron chi connectivity index (χ0n) is 9.01. The van der Waals surface area contributed by atoms with Crippen LogP contribution in [-0.2, 0) is 10.0 Å². The molecule has 5 heteroatoms. The fourth-order valence-electron chi connectivity index (χ4n) is 1.13. The van der Waals surface area contributed by atoms with Crippen LogP contribution in [0.4, 0.5) is 0 Å². The standard InChI is InChI=1S/C10H15NO3S/c1-8(12)9-4-6-10(7-5-9)15(13,14)11(2)3/h4-8,12H,1-3H3/t8-/m0/s1. The summed E-state index contributed by atoms with van der Waals surface area (Å²) in [6.45, 7) is 1.63. The van der Waals surface area contributed by atoms with E-state index in [0.717, 1.165) is 4.31 Å². The molecule has 0 saturated heterocycles. The molecule has 1 rings (SSSR count). The van der Waals surface area contributed by atoms with E-state index in [9.17, 15) is 13.5 Å². The topological polar surface area (TPSA) is 57.6 Å².